The lowest BCUT2D eigenvalue weighted by molar-refractivity contribution is -0.134. The number of halogens is 1. The predicted molar refractivity (Wildman–Crippen MR) is 114 cm³/mol. The quantitative estimate of drug-likeness (QED) is 0.563. The van der Waals surface area contributed by atoms with Crippen molar-refractivity contribution in [2.75, 3.05) is 18.0 Å². The monoisotopic (exact) mass is 402 g/mol. The molecule has 0 aliphatic carbocycles. The Morgan fingerprint density at radius 3 is 2.59 bits per heavy atom. The first-order chi connectivity index (χ1) is 14.1. The van der Waals surface area contributed by atoms with Gasteiger partial charge in [0.25, 0.3) is 0 Å². The van der Waals surface area contributed by atoms with E-state index in [9.17, 15) is 9.18 Å². The lowest BCUT2D eigenvalue weighted by Gasteiger charge is -2.41. The van der Waals surface area contributed by atoms with Gasteiger partial charge in [-0.3, -0.25) is 9.69 Å². The predicted octanol–water partition coefficient (Wildman–Crippen LogP) is 5.17. The van der Waals surface area contributed by atoms with E-state index in [0.29, 0.717) is 30.1 Å². The van der Waals surface area contributed by atoms with E-state index in [0.717, 1.165) is 12.5 Å². The summed E-state index contributed by atoms with van der Waals surface area (Å²) in [5, 5.41) is 0. The van der Waals surface area contributed by atoms with Gasteiger partial charge in [-0.15, -0.1) is 0 Å². The molecule has 0 aromatic heterocycles. The van der Waals surface area contributed by atoms with Crippen LogP contribution in [0.15, 0.2) is 24.3 Å². The summed E-state index contributed by atoms with van der Waals surface area (Å²) in [4.78, 5) is 16.7. The minimum absolute atomic E-state index is 0.289. The lowest BCUT2D eigenvalue weighted by atomic mass is 9.86. The summed E-state index contributed by atoms with van der Waals surface area (Å²) in [5.74, 6) is 1.07. The molecule has 160 valence electrons. The minimum atomic E-state index is -1.90. The van der Waals surface area contributed by atoms with E-state index in [-0.39, 0.29) is 5.92 Å². The van der Waals surface area contributed by atoms with Crippen LogP contribution in [0.5, 0.6) is 5.75 Å². The molecule has 4 nitrogen and oxygen atoms in total. The van der Waals surface area contributed by atoms with Gasteiger partial charge < -0.3 is 9.64 Å². The molecule has 5 heteroatoms. The van der Waals surface area contributed by atoms with Crippen LogP contribution in [0, 0.1) is 11.8 Å². The van der Waals surface area contributed by atoms with E-state index in [1.165, 1.54) is 51.4 Å². The van der Waals surface area contributed by atoms with Crippen LogP contribution in [0.25, 0.3) is 0 Å². The maximum atomic E-state index is 14.1. The molecule has 1 aromatic carbocycles. The topological polar surface area (TPSA) is 32.8 Å². The second-order valence-corrected chi connectivity index (χ2v) is 9.37. The molecule has 4 atom stereocenters. The summed E-state index contributed by atoms with van der Waals surface area (Å²) in [6.07, 6.45) is 8.82. The number of unbranched alkanes of at least 4 members (excludes halogenated alkanes) is 2. The molecule has 1 amide bonds. The van der Waals surface area contributed by atoms with Crippen molar-refractivity contribution in [3.8, 4) is 5.75 Å². The van der Waals surface area contributed by atoms with Gasteiger partial charge in [0.1, 0.15) is 5.75 Å². The van der Waals surface area contributed by atoms with Crippen LogP contribution in [-0.4, -0.2) is 42.3 Å². The molecule has 0 N–H and O–H groups in total. The Balaban J connectivity index is 1.36. The van der Waals surface area contributed by atoms with E-state index in [4.69, 9.17) is 4.74 Å². The third kappa shape index (κ3) is 4.45. The van der Waals surface area contributed by atoms with Gasteiger partial charge in [0.05, 0.1) is 5.69 Å². The SMILES string of the molecule is CCCCCC1CC2CCC(C1)N2CC(C)CN1C(=O)C(F)Oc2ccccc21. The highest BCUT2D eigenvalue weighted by Crippen LogP contribution is 2.41. The van der Waals surface area contributed by atoms with Gasteiger partial charge in [-0.05, 0) is 49.7 Å². The summed E-state index contributed by atoms with van der Waals surface area (Å²) in [7, 11) is 0. The molecule has 3 aliphatic heterocycles. The van der Waals surface area contributed by atoms with Crippen LogP contribution < -0.4 is 9.64 Å². The highest BCUT2D eigenvalue weighted by Gasteiger charge is 2.41. The highest BCUT2D eigenvalue weighted by molar-refractivity contribution is 5.99. The molecular formula is C24H35FN2O2. The summed E-state index contributed by atoms with van der Waals surface area (Å²) < 4.78 is 19.2. The van der Waals surface area contributed by atoms with Crippen LogP contribution in [0.1, 0.15) is 65.2 Å². The van der Waals surface area contributed by atoms with E-state index in [2.05, 4.69) is 18.7 Å². The number of ether oxygens (including phenoxy) is 1. The zero-order valence-electron chi connectivity index (χ0n) is 17.9. The van der Waals surface area contributed by atoms with Crippen LogP contribution in [0.3, 0.4) is 0 Å². The largest absolute Gasteiger partial charge is 0.450 e. The zero-order valence-corrected chi connectivity index (χ0v) is 17.9. The highest BCUT2D eigenvalue weighted by atomic mass is 19.1. The van der Waals surface area contributed by atoms with Crippen molar-refractivity contribution < 1.29 is 13.9 Å². The molecule has 2 bridgehead atoms. The maximum Gasteiger partial charge on any atom is 0.317 e. The first-order valence-corrected chi connectivity index (χ1v) is 11.5. The summed E-state index contributed by atoms with van der Waals surface area (Å²) in [6.45, 7) is 5.98. The molecular weight excluding hydrogens is 367 g/mol. The Morgan fingerprint density at radius 2 is 1.86 bits per heavy atom. The summed E-state index contributed by atoms with van der Waals surface area (Å²) >= 11 is 0. The average molecular weight is 403 g/mol. The first-order valence-electron chi connectivity index (χ1n) is 11.5. The molecule has 3 aliphatic rings. The van der Waals surface area contributed by atoms with Gasteiger partial charge in [-0.2, -0.15) is 4.39 Å². The number of rotatable bonds is 8. The van der Waals surface area contributed by atoms with Gasteiger partial charge in [0.2, 0.25) is 0 Å². The molecule has 3 heterocycles. The fraction of sp³-hybridized carbons (Fsp3) is 0.708. The molecule has 4 rings (SSSR count). The number of nitrogens with zero attached hydrogens (tertiary/aromatic N) is 2. The number of amides is 1. The van der Waals surface area contributed by atoms with Gasteiger partial charge in [-0.25, -0.2) is 0 Å². The number of carbonyl (C=O) groups is 1. The number of piperidine rings is 1. The van der Waals surface area contributed by atoms with Crippen molar-refractivity contribution in [1.82, 2.24) is 4.90 Å². The summed E-state index contributed by atoms with van der Waals surface area (Å²) in [6, 6.07) is 8.65. The van der Waals surface area contributed by atoms with Crippen LogP contribution in [-0.2, 0) is 4.79 Å². The third-order valence-corrected chi connectivity index (χ3v) is 7.06. The van der Waals surface area contributed by atoms with Crippen molar-refractivity contribution in [2.24, 2.45) is 11.8 Å². The molecule has 2 saturated heterocycles. The Labute approximate surface area is 174 Å². The Kier molecular flexibility index (Phi) is 6.43. The van der Waals surface area contributed by atoms with Gasteiger partial charge in [-0.1, -0.05) is 51.7 Å². The van der Waals surface area contributed by atoms with Crippen LogP contribution >= 0.6 is 0 Å². The number of para-hydroxylation sites is 2. The molecule has 29 heavy (non-hydrogen) atoms. The number of carbonyl (C=O) groups excluding carboxylic acids is 1. The molecule has 4 unspecified atom stereocenters. The van der Waals surface area contributed by atoms with Gasteiger partial charge in [0.15, 0.2) is 0 Å². The van der Waals surface area contributed by atoms with Crippen molar-refractivity contribution in [3.05, 3.63) is 24.3 Å². The standard InChI is InChI=1S/C24H35FN2O2/c1-3-4-5-8-18-13-19-11-12-20(14-18)26(19)15-17(2)16-27-21-9-6-7-10-22(21)29-23(25)24(27)28/h6-7,9-10,17-20,23H,3-5,8,11-16H2,1-2H3. The van der Waals surface area contributed by atoms with E-state index < -0.39 is 12.3 Å². The normalized spacial score (nSPS) is 30.2. The van der Waals surface area contributed by atoms with Crippen LogP contribution in [0.4, 0.5) is 10.1 Å². The van der Waals surface area contributed by atoms with E-state index >= 15 is 0 Å². The number of anilines is 1. The molecule has 0 radical (unpaired) electrons. The average Bonchev–Trinajstić information content (AvgIpc) is 2.94. The van der Waals surface area contributed by atoms with E-state index in [1.807, 2.05) is 18.2 Å². The fourth-order valence-electron chi connectivity index (χ4n) is 5.70. The second kappa shape index (κ2) is 9.03. The smallest absolute Gasteiger partial charge is 0.317 e. The number of hydrogen-bond donors (Lipinski definition) is 0. The van der Waals surface area contributed by atoms with Crippen molar-refractivity contribution >= 4 is 11.6 Å². The van der Waals surface area contributed by atoms with Crippen molar-refractivity contribution in [3.63, 3.8) is 0 Å². The molecule has 0 saturated carbocycles. The minimum Gasteiger partial charge on any atom is -0.450 e. The number of benzene rings is 1. The molecule has 2 fully saturated rings. The summed E-state index contributed by atoms with van der Waals surface area (Å²) in [5.41, 5.74) is 0.691. The Bertz CT molecular complexity index is 698. The first kappa shape index (κ1) is 20.6. The number of fused-ring (bicyclic) bond motifs is 3. The van der Waals surface area contributed by atoms with E-state index in [1.54, 1.807) is 11.0 Å². The van der Waals surface area contributed by atoms with Crippen molar-refractivity contribution in [2.45, 2.75) is 83.7 Å². The number of alkyl halides is 1. The second-order valence-electron chi connectivity index (χ2n) is 9.37. The fourth-order valence-corrected chi connectivity index (χ4v) is 5.70. The molecule has 1 aromatic rings. The Hall–Kier alpha value is -1.62. The zero-order chi connectivity index (χ0) is 20.4. The van der Waals surface area contributed by atoms with Gasteiger partial charge >= 0.3 is 12.3 Å². The maximum absolute atomic E-state index is 14.1. The molecule has 0 spiro atoms. The van der Waals surface area contributed by atoms with Gasteiger partial charge in [0, 0.05) is 25.2 Å². The van der Waals surface area contributed by atoms with Crippen LogP contribution in [0.2, 0.25) is 0 Å². The third-order valence-electron chi connectivity index (χ3n) is 7.06. The lowest BCUT2D eigenvalue weighted by Crippen LogP contribution is -2.49. The number of hydrogen-bond acceptors (Lipinski definition) is 3. The Morgan fingerprint density at radius 1 is 1.14 bits per heavy atom. The van der Waals surface area contributed by atoms with Crippen molar-refractivity contribution in [1.29, 1.82) is 0 Å².